The van der Waals surface area contributed by atoms with Crippen LogP contribution in [0.2, 0.25) is 10.0 Å². The summed E-state index contributed by atoms with van der Waals surface area (Å²) in [6.45, 7) is 1.77. The van der Waals surface area contributed by atoms with Gasteiger partial charge in [-0.2, -0.15) is 0 Å². The second-order valence-electron chi connectivity index (χ2n) is 4.39. The van der Waals surface area contributed by atoms with Crippen molar-refractivity contribution in [3.63, 3.8) is 0 Å². The molecule has 0 aliphatic rings. The lowest BCUT2D eigenvalue weighted by Gasteiger charge is -2.13. The number of nitrogens with one attached hydrogen (secondary N) is 1. The largest absolute Gasteiger partial charge is 0.389 e. The SMILES string of the molecule is Cc1cc(Cl)c(Nc2c(F)cc(C(N)=S)cc2F)cc1Cl. The van der Waals surface area contributed by atoms with Crippen LogP contribution in [0, 0.1) is 18.6 Å². The summed E-state index contributed by atoms with van der Waals surface area (Å²) in [6.07, 6.45) is 0. The van der Waals surface area contributed by atoms with E-state index in [9.17, 15) is 8.78 Å². The summed E-state index contributed by atoms with van der Waals surface area (Å²) >= 11 is 16.7. The van der Waals surface area contributed by atoms with Crippen LogP contribution in [0.3, 0.4) is 0 Å². The van der Waals surface area contributed by atoms with E-state index in [0.29, 0.717) is 15.7 Å². The molecular formula is C14H10Cl2F2N2S. The molecule has 0 unspecified atom stereocenters. The van der Waals surface area contributed by atoms with E-state index in [1.807, 2.05) is 0 Å². The Kier molecular flexibility index (Phi) is 4.66. The molecule has 0 saturated heterocycles. The number of nitrogens with two attached hydrogens (primary N) is 1. The molecule has 0 atom stereocenters. The van der Waals surface area contributed by atoms with Crippen molar-refractivity contribution in [2.75, 3.05) is 5.32 Å². The number of aryl methyl sites for hydroxylation is 1. The first kappa shape index (κ1) is 15.9. The van der Waals surface area contributed by atoms with Crippen LogP contribution in [0.4, 0.5) is 20.2 Å². The molecule has 3 N–H and O–H groups in total. The van der Waals surface area contributed by atoms with E-state index in [-0.39, 0.29) is 16.2 Å². The highest BCUT2D eigenvalue weighted by atomic mass is 35.5. The predicted octanol–water partition coefficient (Wildman–Crippen LogP) is 4.96. The van der Waals surface area contributed by atoms with Crippen LogP contribution in [-0.4, -0.2) is 4.99 Å². The first-order valence-corrected chi connectivity index (χ1v) is 6.97. The topological polar surface area (TPSA) is 38.0 Å². The highest BCUT2D eigenvalue weighted by molar-refractivity contribution is 7.80. The van der Waals surface area contributed by atoms with Gasteiger partial charge in [0.25, 0.3) is 0 Å². The molecule has 21 heavy (non-hydrogen) atoms. The second kappa shape index (κ2) is 6.13. The third-order valence-corrected chi connectivity index (χ3v) is 3.79. The van der Waals surface area contributed by atoms with Gasteiger partial charge in [-0.3, -0.25) is 0 Å². The first-order valence-electron chi connectivity index (χ1n) is 5.81. The van der Waals surface area contributed by atoms with Crippen molar-refractivity contribution in [1.82, 2.24) is 0 Å². The number of hydrogen-bond acceptors (Lipinski definition) is 2. The van der Waals surface area contributed by atoms with E-state index < -0.39 is 11.6 Å². The van der Waals surface area contributed by atoms with Gasteiger partial charge in [-0.15, -0.1) is 0 Å². The van der Waals surface area contributed by atoms with E-state index in [2.05, 4.69) is 5.32 Å². The summed E-state index contributed by atoms with van der Waals surface area (Å²) < 4.78 is 27.9. The zero-order valence-electron chi connectivity index (χ0n) is 10.8. The van der Waals surface area contributed by atoms with Gasteiger partial charge in [-0.25, -0.2) is 8.78 Å². The minimum Gasteiger partial charge on any atom is -0.389 e. The molecule has 110 valence electrons. The van der Waals surface area contributed by atoms with Crippen molar-refractivity contribution in [3.05, 3.63) is 57.1 Å². The van der Waals surface area contributed by atoms with E-state index in [1.165, 1.54) is 6.07 Å². The van der Waals surface area contributed by atoms with Crippen molar-refractivity contribution in [2.45, 2.75) is 6.92 Å². The lowest BCUT2D eigenvalue weighted by Crippen LogP contribution is -2.11. The number of rotatable bonds is 3. The molecule has 0 heterocycles. The highest BCUT2D eigenvalue weighted by Crippen LogP contribution is 2.33. The van der Waals surface area contributed by atoms with Gasteiger partial charge in [0.1, 0.15) is 22.3 Å². The molecule has 0 aliphatic heterocycles. The van der Waals surface area contributed by atoms with Crippen LogP contribution in [0.25, 0.3) is 0 Å². The highest BCUT2D eigenvalue weighted by Gasteiger charge is 2.14. The summed E-state index contributed by atoms with van der Waals surface area (Å²) in [7, 11) is 0. The molecule has 0 bridgehead atoms. The first-order chi connectivity index (χ1) is 9.79. The van der Waals surface area contributed by atoms with Crippen molar-refractivity contribution in [3.8, 4) is 0 Å². The van der Waals surface area contributed by atoms with Gasteiger partial charge in [0, 0.05) is 10.6 Å². The minimum atomic E-state index is -0.828. The zero-order valence-corrected chi connectivity index (χ0v) is 13.1. The fourth-order valence-electron chi connectivity index (χ4n) is 1.71. The van der Waals surface area contributed by atoms with Gasteiger partial charge in [-0.1, -0.05) is 35.4 Å². The van der Waals surface area contributed by atoms with Crippen LogP contribution in [-0.2, 0) is 0 Å². The van der Waals surface area contributed by atoms with Crippen molar-refractivity contribution < 1.29 is 8.78 Å². The molecular weight excluding hydrogens is 337 g/mol. The monoisotopic (exact) mass is 346 g/mol. The Bertz CT molecular complexity index is 712. The fraction of sp³-hybridized carbons (Fsp3) is 0.0714. The average Bonchev–Trinajstić information content (AvgIpc) is 2.39. The van der Waals surface area contributed by atoms with Gasteiger partial charge in [-0.05, 0) is 36.8 Å². The normalized spacial score (nSPS) is 10.5. The molecule has 0 amide bonds. The van der Waals surface area contributed by atoms with Crippen LogP contribution < -0.4 is 11.1 Å². The van der Waals surface area contributed by atoms with Gasteiger partial charge in [0.05, 0.1) is 10.7 Å². The van der Waals surface area contributed by atoms with Crippen LogP contribution in [0.5, 0.6) is 0 Å². The van der Waals surface area contributed by atoms with E-state index in [1.54, 1.807) is 13.0 Å². The van der Waals surface area contributed by atoms with Crippen LogP contribution in [0.1, 0.15) is 11.1 Å². The molecule has 0 radical (unpaired) electrons. The third kappa shape index (κ3) is 3.43. The van der Waals surface area contributed by atoms with Gasteiger partial charge in [0.15, 0.2) is 0 Å². The van der Waals surface area contributed by atoms with Crippen LogP contribution in [0.15, 0.2) is 24.3 Å². The molecule has 2 aromatic carbocycles. The fourth-order valence-corrected chi connectivity index (χ4v) is 2.26. The summed E-state index contributed by atoms with van der Waals surface area (Å²) in [5, 5.41) is 3.33. The predicted molar refractivity (Wildman–Crippen MR) is 86.7 cm³/mol. The van der Waals surface area contributed by atoms with Gasteiger partial charge in [0.2, 0.25) is 0 Å². The summed E-state index contributed by atoms with van der Waals surface area (Å²) in [4.78, 5) is -0.0873. The summed E-state index contributed by atoms with van der Waals surface area (Å²) in [6, 6.07) is 5.21. The van der Waals surface area contributed by atoms with Crippen molar-refractivity contribution >= 4 is 51.8 Å². The Hall–Kier alpha value is -1.43. The van der Waals surface area contributed by atoms with Crippen molar-refractivity contribution in [2.24, 2.45) is 5.73 Å². The average molecular weight is 347 g/mol. The third-order valence-electron chi connectivity index (χ3n) is 2.83. The Morgan fingerprint density at radius 2 is 1.67 bits per heavy atom. The molecule has 7 heteroatoms. The Morgan fingerprint density at radius 1 is 1.10 bits per heavy atom. The number of benzene rings is 2. The summed E-state index contributed by atoms with van der Waals surface area (Å²) in [5.74, 6) is -1.66. The van der Waals surface area contributed by atoms with E-state index in [4.69, 9.17) is 41.2 Å². The lowest BCUT2D eigenvalue weighted by atomic mass is 10.1. The molecule has 2 nitrogen and oxygen atoms in total. The smallest absolute Gasteiger partial charge is 0.150 e. The maximum absolute atomic E-state index is 14.0. The van der Waals surface area contributed by atoms with E-state index >= 15 is 0 Å². The number of thiocarbonyl (C=S) groups is 1. The second-order valence-corrected chi connectivity index (χ2v) is 5.64. The van der Waals surface area contributed by atoms with E-state index in [0.717, 1.165) is 17.7 Å². The molecule has 2 rings (SSSR count). The molecule has 2 aromatic rings. The molecule has 0 aromatic heterocycles. The van der Waals surface area contributed by atoms with Gasteiger partial charge >= 0.3 is 0 Å². The maximum Gasteiger partial charge on any atom is 0.150 e. The maximum atomic E-state index is 14.0. The Morgan fingerprint density at radius 3 is 2.19 bits per heavy atom. The quantitative estimate of drug-likeness (QED) is 0.771. The molecule has 0 fully saturated rings. The molecule has 0 saturated carbocycles. The molecule has 0 spiro atoms. The van der Waals surface area contributed by atoms with Gasteiger partial charge < -0.3 is 11.1 Å². The van der Waals surface area contributed by atoms with Crippen LogP contribution >= 0.6 is 35.4 Å². The minimum absolute atomic E-state index is 0.0873. The molecule has 0 aliphatic carbocycles. The standard InChI is InChI=1S/C14H10Cl2F2N2S/c1-6-2-9(16)12(5-8(6)15)20-13-10(17)3-7(14(19)21)4-11(13)18/h2-5,20H,1H3,(H2,19,21). The van der Waals surface area contributed by atoms with Crippen molar-refractivity contribution in [1.29, 1.82) is 0 Å². The zero-order chi connectivity index (χ0) is 15.7. The summed E-state index contributed by atoms with van der Waals surface area (Å²) in [5.41, 5.74) is 6.17. The lowest BCUT2D eigenvalue weighted by molar-refractivity contribution is 0.590. The number of anilines is 2. The number of halogens is 4. The number of hydrogen-bond donors (Lipinski definition) is 2. The Balaban J connectivity index is 2.45. The Labute approximate surface area is 135 Å².